The smallest absolute Gasteiger partial charge is 0.243 e. The summed E-state index contributed by atoms with van der Waals surface area (Å²) < 4.78 is 26.5. The first-order valence-electron chi connectivity index (χ1n) is 6.90. The molecule has 0 saturated carbocycles. The molecule has 0 fully saturated rings. The summed E-state index contributed by atoms with van der Waals surface area (Å²) in [6.45, 7) is 7.32. The normalized spacial score (nSPS) is 11.8. The lowest BCUT2D eigenvalue weighted by atomic mass is 10.1. The highest BCUT2D eigenvalue weighted by Crippen LogP contribution is 2.17. The predicted molar refractivity (Wildman–Crippen MR) is 83.3 cm³/mol. The fourth-order valence-corrected chi connectivity index (χ4v) is 3.45. The van der Waals surface area contributed by atoms with Gasteiger partial charge in [0, 0.05) is 13.1 Å². The number of likely N-dealkylation sites (N-methyl/N-ethyl adjacent to an activating group) is 1. The molecule has 4 nitrogen and oxygen atoms in total. The molecule has 1 aromatic carbocycles. The number of nitrogens with one attached hydrogen (secondary N) is 1. The van der Waals surface area contributed by atoms with Crippen LogP contribution in [0.4, 0.5) is 0 Å². The van der Waals surface area contributed by atoms with Gasteiger partial charge in [-0.05, 0) is 44.1 Å². The Morgan fingerprint density at radius 3 is 2.45 bits per heavy atom. The van der Waals surface area contributed by atoms with Gasteiger partial charge in [0.25, 0.3) is 0 Å². The van der Waals surface area contributed by atoms with E-state index in [0.29, 0.717) is 18.0 Å². The zero-order chi connectivity index (χ0) is 15.0. The van der Waals surface area contributed by atoms with Crippen molar-refractivity contribution in [3.8, 4) is 0 Å². The Balaban J connectivity index is 2.93. The van der Waals surface area contributed by atoms with Gasteiger partial charge < -0.3 is 5.32 Å². The van der Waals surface area contributed by atoms with Crippen molar-refractivity contribution in [1.29, 1.82) is 0 Å². The second-order valence-corrected chi connectivity index (χ2v) is 6.59. The highest BCUT2D eigenvalue weighted by atomic mass is 32.2. The van der Waals surface area contributed by atoms with E-state index in [2.05, 4.69) is 11.9 Å². The van der Waals surface area contributed by atoms with Crippen LogP contribution in [0.5, 0.6) is 0 Å². The number of benzene rings is 1. The van der Waals surface area contributed by atoms with Crippen molar-refractivity contribution in [2.45, 2.75) is 24.7 Å². The van der Waals surface area contributed by atoms with Gasteiger partial charge >= 0.3 is 0 Å². The van der Waals surface area contributed by atoms with Gasteiger partial charge in [-0.3, -0.25) is 0 Å². The average molecular weight is 296 g/mol. The molecule has 1 rings (SSSR count). The van der Waals surface area contributed by atoms with Crippen molar-refractivity contribution < 1.29 is 8.42 Å². The van der Waals surface area contributed by atoms with Crippen LogP contribution in [0.2, 0.25) is 0 Å². The molecule has 0 amide bonds. The van der Waals surface area contributed by atoms with Crippen LogP contribution in [0, 0.1) is 0 Å². The van der Waals surface area contributed by atoms with Crippen LogP contribution in [0.3, 0.4) is 0 Å². The maximum absolute atomic E-state index is 12.5. The van der Waals surface area contributed by atoms with Crippen molar-refractivity contribution >= 4 is 10.0 Å². The van der Waals surface area contributed by atoms with Gasteiger partial charge in [0.15, 0.2) is 0 Å². The van der Waals surface area contributed by atoms with Crippen molar-refractivity contribution in [3.63, 3.8) is 0 Å². The first kappa shape index (κ1) is 16.9. The molecule has 0 spiro atoms. The second-order valence-electron chi connectivity index (χ2n) is 4.65. The first-order chi connectivity index (χ1) is 9.56. The van der Waals surface area contributed by atoms with Crippen molar-refractivity contribution in [3.05, 3.63) is 42.5 Å². The van der Waals surface area contributed by atoms with Gasteiger partial charge in [0.2, 0.25) is 10.0 Å². The molecule has 0 unspecified atom stereocenters. The Morgan fingerprint density at radius 2 is 1.95 bits per heavy atom. The van der Waals surface area contributed by atoms with E-state index in [1.165, 1.54) is 4.31 Å². The van der Waals surface area contributed by atoms with E-state index < -0.39 is 10.0 Å². The van der Waals surface area contributed by atoms with E-state index in [1.54, 1.807) is 18.2 Å². The number of hydrogen-bond acceptors (Lipinski definition) is 3. The molecule has 112 valence electrons. The zero-order valence-electron chi connectivity index (χ0n) is 12.3. The topological polar surface area (TPSA) is 49.4 Å². The fourth-order valence-electron chi connectivity index (χ4n) is 1.95. The van der Waals surface area contributed by atoms with Gasteiger partial charge in [0.05, 0.1) is 4.90 Å². The molecule has 5 heteroatoms. The van der Waals surface area contributed by atoms with Crippen molar-refractivity contribution in [2.75, 3.05) is 26.7 Å². The summed E-state index contributed by atoms with van der Waals surface area (Å²) in [6.07, 6.45) is 3.30. The van der Waals surface area contributed by atoms with Gasteiger partial charge in [-0.1, -0.05) is 25.1 Å². The lowest BCUT2D eigenvalue weighted by Crippen LogP contribution is -2.32. The highest BCUT2D eigenvalue weighted by molar-refractivity contribution is 7.89. The third-order valence-corrected chi connectivity index (χ3v) is 4.91. The molecule has 0 aromatic heterocycles. The minimum Gasteiger partial charge on any atom is -0.319 e. The maximum atomic E-state index is 12.5. The number of hydrogen-bond donors (Lipinski definition) is 1. The quantitative estimate of drug-likeness (QED) is 0.709. The molecule has 0 heterocycles. The Hall–Kier alpha value is -1.17. The molecule has 1 N–H and O–H groups in total. The van der Waals surface area contributed by atoms with Crippen LogP contribution < -0.4 is 5.32 Å². The fraction of sp³-hybridized carbons (Fsp3) is 0.467. The molecule has 1 aromatic rings. The lowest BCUT2D eigenvalue weighted by Gasteiger charge is -2.20. The van der Waals surface area contributed by atoms with Crippen LogP contribution in [0.15, 0.2) is 41.8 Å². The monoisotopic (exact) mass is 296 g/mol. The van der Waals surface area contributed by atoms with E-state index >= 15 is 0 Å². The largest absolute Gasteiger partial charge is 0.319 e. The molecule has 0 bridgehead atoms. The summed E-state index contributed by atoms with van der Waals surface area (Å²) in [7, 11) is -1.52. The zero-order valence-corrected chi connectivity index (χ0v) is 13.1. The minimum absolute atomic E-state index is 0.345. The molecular formula is C15H24N2O2S. The van der Waals surface area contributed by atoms with E-state index in [1.807, 2.05) is 26.1 Å². The SMILES string of the molecule is C=CCN(CCC)S(=O)(=O)c1ccc(CCNC)cc1. The summed E-state index contributed by atoms with van der Waals surface area (Å²) in [5.74, 6) is 0. The van der Waals surface area contributed by atoms with Crippen LogP contribution in [-0.2, 0) is 16.4 Å². The van der Waals surface area contributed by atoms with Crippen LogP contribution in [-0.4, -0.2) is 39.4 Å². The molecule has 0 atom stereocenters. The van der Waals surface area contributed by atoms with Crippen LogP contribution in [0.25, 0.3) is 0 Å². The molecule has 0 aliphatic rings. The Morgan fingerprint density at radius 1 is 1.30 bits per heavy atom. The molecule has 0 radical (unpaired) electrons. The molecular weight excluding hydrogens is 272 g/mol. The molecule has 0 saturated heterocycles. The molecule has 20 heavy (non-hydrogen) atoms. The van der Waals surface area contributed by atoms with Gasteiger partial charge in [-0.2, -0.15) is 4.31 Å². The van der Waals surface area contributed by atoms with E-state index in [0.717, 1.165) is 24.9 Å². The molecule has 0 aliphatic carbocycles. The summed E-state index contributed by atoms with van der Waals surface area (Å²) in [4.78, 5) is 0.348. The van der Waals surface area contributed by atoms with E-state index in [9.17, 15) is 8.42 Å². The summed E-state index contributed by atoms with van der Waals surface area (Å²) in [6, 6.07) is 7.13. The summed E-state index contributed by atoms with van der Waals surface area (Å²) >= 11 is 0. The summed E-state index contributed by atoms with van der Waals surface area (Å²) in [5.41, 5.74) is 1.13. The maximum Gasteiger partial charge on any atom is 0.243 e. The first-order valence-corrected chi connectivity index (χ1v) is 8.34. The van der Waals surface area contributed by atoms with Gasteiger partial charge in [0.1, 0.15) is 0 Å². The third kappa shape index (κ3) is 4.44. The van der Waals surface area contributed by atoms with Crippen molar-refractivity contribution in [1.82, 2.24) is 9.62 Å². The number of nitrogens with zero attached hydrogens (tertiary/aromatic N) is 1. The van der Waals surface area contributed by atoms with Crippen molar-refractivity contribution in [2.24, 2.45) is 0 Å². The predicted octanol–water partition coefficient (Wildman–Crippen LogP) is 2.04. The van der Waals surface area contributed by atoms with Gasteiger partial charge in [-0.25, -0.2) is 8.42 Å². The van der Waals surface area contributed by atoms with Gasteiger partial charge in [-0.15, -0.1) is 6.58 Å². The molecule has 0 aliphatic heterocycles. The number of rotatable bonds is 9. The van der Waals surface area contributed by atoms with E-state index in [4.69, 9.17) is 0 Å². The Labute approximate surface area is 122 Å². The lowest BCUT2D eigenvalue weighted by molar-refractivity contribution is 0.441. The standard InChI is InChI=1S/C15H24N2O2S/c1-4-12-17(13-5-2)20(18,19)15-8-6-14(7-9-15)10-11-16-3/h4,6-9,16H,1,5,10-13H2,2-3H3. The number of sulfonamides is 1. The average Bonchev–Trinajstić information content (AvgIpc) is 2.45. The summed E-state index contributed by atoms with van der Waals surface area (Å²) in [5, 5.41) is 3.08. The Bertz CT molecular complexity index is 509. The Kier molecular flexibility index (Phi) is 6.91. The highest BCUT2D eigenvalue weighted by Gasteiger charge is 2.22. The van der Waals surface area contributed by atoms with Crippen LogP contribution >= 0.6 is 0 Å². The second kappa shape index (κ2) is 8.19. The van der Waals surface area contributed by atoms with E-state index in [-0.39, 0.29) is 0 Å². The van der Waals surface area contributed by atoms with Crippen LogP contribution in [0.1, 0.15) is 18.9 Å². The third-order valence-electron chi connectivity index (χ3n) is 3.03. The minimum atomic E-state index is -3.42.